The number of fused-ring (bicyclic) bond motifs is 1. The van der Waals surface area contributed by atoms with E-state index >= 15 is 0 Å². The van der Waals surface area contributed by atoms with Crippen molar-refractivity contribution in [3.05, 3.63) is 40.1 Å². The Morgan fingerprint density at radius 3 is 2.82 bits per heavy atom. The summed E-state index contributed by atoms with van der Waals surface area (Å²) in [5, 5.41) is 11.7. The molecule has 1 aromatic heterocycles. The molecule has 0 atom stereocenters. The van der Waals surface area contributed by atoms with Gasteiger partial charge in [0.15, 0.2) is 0 Å². The average Bonchev–Trinajstić information content (AvgIpc) is 2.68. The predicted molar refractivity (Wildman–Crippen MR) is 66.3 cm³/mol. The highest BCUT2D eigenvalue weighted by Crippen LogP contribution is 2.23. The molecular formula is C12H16N3O2+. The largest absolute Gasteiger partial charge is 0.361 e. The minimum Gasteiger partial charge on any atom is -0.361 e. The molecule has 2 rings (SSSR count). The van der Waals surface area contributed by atoms with Crippen molar-refractivity contribution in [2.45, 2.75) is 6.42 Å². The number of aromatic nitrogens is 1. The van der Waals surface area contributed by atoms with Gasteiger partial charge in [-0.05, 0) is 11.6 Å². The summed E-state index contributed by atoms with van der Waals surface area (Å²) in [6.45, 7) is 1.05. The molecule has 0 unspecified atom stereocenters. The molecule has 0 aliphatic carbocycles. The molecule has 0 aliphatic heterocycles. The van der Waals surface area contributed by atoms with E-state index in [1.165, 1.54) is 10.5 Å². The maximum atomic E-state index is 10.7. The summed E-state index contributed by atoms with van der Waals surface area (Å²) in [4.78, 5) is 14.8. The molecule has 90 valence electrons. The quantitative estimate of drug-likeness (QED) is 0.606. The molecule has 0 bridgehead atoms. The molecule has 5 nitrogen and oxygen atoms in total. The fourth-order valence-corrected chi connectivity index (χ4v) is 1.88. The second-order valence-electron chi connectivity index (χ2n) is 4.51. The number of hydrogen-bond acceptors (Lipinski definition) is 2. The van der Waals surface area contributed by atoms with Gasteiger partial charge in [0.25, 0.3) is 5.69 Å². The second kappa shape index (κ2) is 4.55. The van der Waals surface area contributed by atoms with Crippen LogP contribution in [0.3, 0.4) is 0 Å². The first-order chi connectivity index (χ1) is 8.08. The summed E-state index contributed by atoms with van der Waals surface area (Å²) in [6, 6.07) is 4.97. The number of rotatable bonds is 4. The van der Waals surface area contributed by atoms with E-state index in [0.29, 0.717) is 0 Å². The van der Waals surface area contributed by atoms with Crippen LogP contribution in [0.25, 0.3) is 10.9 Å². The van der Waals surface area contributed by atoms with Crippen molar-refractivity contribution in [1.29, 1.82) is 0 Å². The fourth-order valence-electron chi connectivity index (χ4n) is 1.88. The van der Waals surface area contributed by atoms with Gasteiger partial charge in [-0.3, -0.25) is 10.1 Å². The molecule has 0 amide bonds. The van der Waals surface area contributed by atoms with Crippen molar-refractivity contribution < 1.29 is 9.82 Å². The summed E-state index contributed by atoms with van der Waals surface area (Å²) in [7, 11) is 4.22. The highest BCUT2D eigenvalue weighted by Gasteiger charge is 2.10. The molecule has 2 aromatic rings. The van der Waals surface area contributed by atoms with Crippen molar-refractivity contribution in [2.24, 2.45) is 0 Å². The zero-order valence-corrected chi connectivity index (χ0v) is 9.99. The van der Waals surface area contributed by atoms with Crippen molar-refractivity contribution in [3.8, 4) is 0 Å². The Bertz CT molecular complexity index is 546. The van der Waals surface area contributed by atoms with Gasteiger partial charge in [-0.1, -0.05) is 0 Å². The number of nitro groups is 1. The fraction of sp³-hybridized carbons (Fsp3) is 0.333. The van der Waals surface area contributed by atoms with Crippen LogP contribution in [0.5, 0.6) is 0 Å². The van der Waals surface area contributed by atoms with Gasteiger partial charge in [0.2, 0.25) is 0 Å². The van der Waals surface area contributed by atoms with Crippen LogP contribution in [0, 0.1) is 10.1 Å². The Hall–Kier alpha value is -1.88. The van der Waals surface area contributed by atoms with Crippen LogP contribution in [-0.4, -0.2) is 30.5 Å². The second-order valence-corrected chi connectivity index (χ2v) is 4.51. The molecule has 17 heavy (non-hydrogen) atoms. The van der Waals surface area contributed by atoms with E-state index < -0.39 is 0 Å². The van der Waals surface area contributed by atoms with E-state index in [2.05, 4.69) is 19.1 Å². The summed E-state index contributed by atoms with van der Waals surface area (Å²) in [6.07, 6.45) is 2.91. The lowest BCUT2D eigenvalue weighted by molar-refractivity contribution is -0.858. The van der Waals surface area contributed by atoms with Crippen molar-refractivity contribution in [1.82, 2.24) is 4.98 Å². The van der Waals surface area contributed by atoms with Crippen LogP contribution in [0.2, 0.25) is 0 Å². The smallest absolute Gasteiger partial charge is 0.271 e. The predicted octanol–water partition coefficient (Wildman–Crippen LogP) is 0.763. The van der Waals surface area contributed by atoms with Gasteiger partial charge >= 0.3 is 0 Å². The number of non-ortho nitro benzene ring substituents is 1. The summed E-state index contributed by atoms with van der Waals surface area (Å²) >= 11 is 0. The van der Waals surface area contributed by atoms with Crippen molar-refractivity contribution in [2.75, 3.05) is 20.6 Å². The van der Waals surface area contributed by atoms with Crippen molar-refractivity contribution in [3.63, 3.8) is 0 Å². The molecule has 0 radical (unpaired) electrons. The topological polar surface area (TPSA) is 63.4 Å². The zero-order valence-electron chi connectivity index (χ0n) is 9.99. The third-order valence-electron chi connectivity index (χ3n) is 2.86. The number of nitrogens with zero attached hydrogens (tertiary/aromatic N) is 1. The SMILES string of the molecule is C[NH+](C)CCc1c[nH]c2cc([N+](=O)[O-])ccc12. The minimum atomic E-state index is -0.371. The molecule has 1 heterocycles. The Morgan fingerprint density at radius 2 is 2.18 bits per heavy atom. The van der Waals surface area contributed by atoms with E-state index in [1.807, 2.05) is 12.3 Å². The van der Waals surface area contributed by atoms with Gasteiger partial charge in [-0.2, -0.15) is 0 Å². The summed E-state index contributed by atoms with van der Waals surface area (Å²) in [5.41, 5.74) is 2.18. The first kappa shape index (κ1) is 11.6. The molecule has 0 spiro atoms. The highest BCUT2D eigenvalue weighted by molar-refractivity contribution is 5.85. The van der Waals surface area contributed by atoms with Crippen LogP contribution in [0.4, 0.5) is 5.69 Å². The lowest BCUT2D eigenvalue weighted by Crippen LogP contribution is -3.05. The molecule has 0 saturated carbocycles. The number of aromatic amines is 1. The summed E-state index contributed by atoms with van der Waals surface area (Å²) < 4.78 is 0. The number of nitro benzene ring substituents is 1. The molecule has 2 N–H and O–H groups in total. The van der Waals surface area contributed by atoms with Crippen LogP contribution >= 0.6 is 0 Å². The Kier molecular flexibility index (Phi) is 3.10. The number of likely N-dealkylation sites (N-methyl/N-ethyl adjacent to an activating group) is 1. The Morgan fingerprint density at radius 1 is 1.41 bits per heavy atom. The lowest BCUT2D eigenvalue weighted by atomic mass is 10.1. The first-order valence-corrected chi connectivity index (χ1v) is 5.61. The van der Waals surface area contributed by atoms with E-state index in [4.69, 9.17) is 0 Å². The number of quaternary nitrogens is 1. The normalized spacial score (nSPS) is 11.2. The first-order valence-electron chi connectivity index (χ1n) is 5.61. The highest BCUT2D eigenvalue weighted by atomic mass is 16.6. The molecule has 0 saturated heterocycles. The minimum absolute atomic E-state index is 0.129. The van der Waals surface area contributed by atoms with E-state index in [9.17, 15) is 10.1 Å². The molecule has 5 heteroatoms. The summed E-state index contributed by atoms with van der Waals surface area (Å²) in [5.74, 6) is 0. The lowest BCUT2D eigenvalue weighted by Gasteiger charge is -2.05. The van der Waals surface area contributed by atoms with Gasteiger partial charge in [0.1, 0.15) is 0 Å². The number of H-pyrrole nitrogens is 1. The maximum absolute atomic E-state index is 10.7. The Labute approximate surface area is 99.2 Å². The van der Waals surface area contributed by atoms with Crippen LogP contribution in [-0.2, 0) is 6.42 Å². The zero-order chi connectivity index (χ0) is 12.4. The molecule has 1 aromatic carbocycles. The monoisotopic (exact) mass is 234 g/mol. The van der Waals surface area contributed by atoms with Gasteiger partial charge in [0, 0.05) is 30.1 Å². The van der Waals surface area contributed by atoms with Gasteiger partial charge < -0.3 is 9.88 Å². The third kappa shape index (κ3) is 2.45. The maximum Gasteiger partial charge on any atom is 0.271 e. The standard InChI is InChI=1S/C12H15N3O2/c1-14(2)6-5-9-8-13-12-7-10(15(16)17)3-4-11(9)12/h3-4,7-8,13H,5-6H2,1-2H3/p+1. The molecule has 0 aliphatic rings. The average molecular weight is 234 g/mol. The number of benzene rings is 1. The van der Waals surface area contributed by atoms with Gasteiger partial charge in [-0.15, -0.1) is 0 Å². The van der Waals surface area contributed by atoms with Gasteiger partial charge in [0.05, 0.1) is 31.1 Å². The van der Waals surface area contributed by atoms with Crippen LogP contribution in [0.1, 0.15) is 5.56 Å². The number of hydrogen-bond donors (Lipinski definition) is 2. The van der Waals surface area contributed by atoms with E-state index in [1.54, 1.807) is 12.1 Å². The van der Waals surface area contributed by atoms with Crippen molar-refractivity contribution >= 4 is 16.6 Å². The molecular weight excluding hydrogens is 218 g/mol. The number of nitrogens with one attached hydrogen (secondary N) is 2. The molecule has 0 fully saturated rings. The van der Waals surface area contributed by atoms with E-state index in [0.717, 1.165) is 23.9 Å². The third-order valence-corrected chi connectivity index (χ3v) is 2.86. The van der Waals surface area contributed by atoms with E-state index in [-0.39, 0.29) is 10.6 Å². The van der Waals surface area contributed by atoms with Gasteiger partial charge in [-0.25, -0.2) is 0 Å². The van der Waals surface area contributed by atoms with Crippen LogP contribution < -0.4 is 4.90 Å². The van der Waals surface area contributed by atoms with Crippen LogP contribution in [0.15, 0.2) is 24.4 Å². The Balaban J connectivity index is 2.31.